The zero-order chi connectivity index (χ0) is 14.2. The number of Topliss-reactive ketones (excluding diaryl/α,β-unsaturated/α-hetero) is 1. The van der Waals surface area contributed by atoms with Gasteiger partial charge in [0.05, 0.1) is 6.21 Å². The van der Waals surface area contributed by atoms with Crippen LogP contribution in [0, 0.1) is 5.92 Å². The molecule has 0 aliphatic heterocycles. The van der Waals surface area contributed by atoms with Crippen LogP contribution in [0.5, 0.6) is 0 Å². The topological polar surface area (TPSA) is 71.4 Å². The van der Waals surface area contributed by atoms with Gasteiger partial charge in [-0.2, -0.15) is 5.10 Å². The van der Waals surface area contributed by atoms with Crippen molar-refractivity contribution < 1.29 is 9.59 Å². The van der Waals surface area contributed by atoms with Gasteiger partial charge in [-0.3, -0.25) is 14.6 Å². The van der Waals surface area contributed by atoms with Crippen LogP contribution in [-0.2, 0) is 9.59 Å². The standard InChI is InChI=1S/C15H19N3O2/c19-14-3-1-2-12(10-14)4-5-15(20)18-17-11-13-6-8-16-9-7-13/h6-9,11-12H,1-5,10H2,(H,18,20). The molecule has 106 valence electrons. The van der Waals surface area contributed by atoms with Gasteiger partial charge in [-0.1, -0.05) is 0 Å². The van der Waals surface area contributed by atoms with Gasteiger partial charge in [-0.15, -0.1) is 0 Å². The van der Waals surface area contributed by atoms with Crippen molar-refractivity contribution in [3.05, 3.63) is 30.1 Å². The number of carbonyl (C=O) groups excluding carboxylic acids is 2. The zero-order valence-electron chi connectivity index (χ0n) is 11.4. The van der Waals surface area contributed by atoms with Crippen LogP contribution in [0.4, 0.5) is 0 Å². The maximum atomic E-state index is 11.6. The van der Waals surface area contributed by atoms with E-state index in [0.717, 1.165) is 24.8 Å². The molecule has 1 atom stereocenters. The Morgan fingerprint density at radius 3 is 3.00 bits per heavy atom. The number of nitrogens with zero attached hydrogens (tertiary/aromatic N) is 2. The van der Waals surface area contributed by atoms with E-state index in [4.69, 9.17) is 0 Å². The number of rotatable bonds is 5. The Kier molecular flexibility index (Phi) is 5.41. The number of aromatic nitrogens is 1. The molecular formula is C15H19N3O2. The van der Waals surface area contributed by atoms with Crippen molar-refractivity contribution in [1.82, 2.24) is 10.4 Å². The molecule has 5 heteroatoms. The van der Waals surface area contributed by atoms with Gasteiger partial charge in [0.2, 0.25) is 5.91 Å². The van der Waals surface area contributed by atoms with Crippen LogP contribution in [-0.4, -0.2) is 22.9 Å². The van der Waals surface area contributed by atoms with E-state index in [9.17, 15) is 9.59 Å². The van der Waals surface area contributed by atoms with Crippen molar-refractivity contribution in [3.8, 4) is 0 Å². The van der Waals surface area contributed by atoms with Gasteiger partial charge in [0.25, 0.3) is 0 Å². The van der Waals surface area contributed by atoms with Crippen molar-refractivity contribution in [2.24, 2.45) is 11.0 Å². The molecule has 1 N–H and O–H groups in total. The molecule has 0 spiro atoms. The summed E-state index contributed by atoms with van der Waals surface area (Å²) in [5.41, 5.74) is 3.39. The average Bonchev–Trinajstić information content (AvgIpc) is 2.46. The van der Waals surface area contributed by atoms with Gasteiger partial charge in [-0.25, -0.2) is 5.43 Å². The fourth-order valence-corrected chi connectivity index (χ4v) is 2.38. The quantitative estimate of drug-likeness (QED) is 0.659. The van der Waals surface area contributed by atoms with E-state index in [1.165, 1.54) is 0 Å². The lowest BCUT2D eigenvalue weighted by atomic mass is 9.85. The number of hydrogen-bond donors (Lipinski definition) is 1. The van der Waals surface area contributed by atoms with Crippen molar-refractivity contribution >= 4 is 17.9 Å². The highest BCUT2D eigenvalue weighted by Crippen LogP contribution is 2.25. The number of carbonyl (C=O) groups is 2. The van der Waals surface area contributed by atoms with Gasteiger partial charge in [0.15, 0.2) is 0 Å². The minimum atomic E-state index is -0.103. The molecule has 20 heavy (non-hydrogen) atoms. The predicted molar refractivity (Wildman–Crippen MR) is 76.2 cm³/mol. The minimum Gasteiger partial charge on any atom is -0.300 e. The van der Waals surface area contributed by atoms with Crippen LogP contribution in [0.2, 0.25) is 0 Å². The molecule has 1 amide bonds. The maximum absolute atomic E-state index is 11.6. The fourth-order valence-electron chi connectivity index (χ4n) is 2.38. The summed E-state index contributed by atoms with van der Waals surface area (Å²) in [6.45, 7) is 0. The third-order valence-electron chi connectivity index (χ3n) is 3.47. The molecule has 1 saturated carbocycles. The minimum absolute atomic E-state index is 0.103. The predicted octanol–water partition coefficient (Wildman–Crippen LogP) is 2.07. The number of amides is 1. The Labute approximate surface area is 118 Å². The number of pyridine rings is 1. The highest BCUT2D eigenvalue weighted by atomic mass is 16.2. The first-order valence-electron chi connectivity index (χ1n) is 6.97. The second-order valence-corrected chi connectivity index (χ2v) is 5.11. The first-order valence-corrected chi connectivity index (χ1v) is 6.97. The SMILES string of the molecule is O=C1CCCC(CCC(=O)NN=Cc2ccncc2)C1. The lowest BCUT2D eigenvalue weighted by Gasteiger charge is -2.19. The van der Waals surface area contributed by atoms with Gasteiger partial charge in [-0.05, 0) is 42.9 Å². The molecular weight excluding hydrogens is 254 g/mol. The van der Waals surface area contributed by atoms with Crippen molar-refractivity contribution in [1.29, 1.82) is 0 Å². The Balaban J connectivity index is 1.68. The van der Waals surface area contributed by atoms with Gasteiger partial charge >= 0.3 is 0 Å². The molecule has 1 aromatic heterocycles. The normalized spacial score (nSPS) is 19.2. The molecule has 1 unspecified atom stereocenters. The van der Waals surface area contributed by atoms with Crippen molar-refractivity contribution in [2.75, 3.05) is 0 Å². The highest BCUT2D eigenvalue weighted by molar-refractivity contribution is 5.82. The summed E-state index contributed by atoms with van der Waals surface area (Å²) in [5, 5.41) is 3.90. The lowest BCUT2D eigenvalue weighted by molar-refractivity contribution is -0.124. The summed E-state index contributed by atoms with van der Waals surface area (Å²) in [5.74, 6) is 0.594. The largest absolute Gasteiger partial charge is 0.300 e. The number of nitrogens with one attached hydrogen (secondary N) is 1. The third-order valence-corrected chi connectivity index (χ3v) is 3.47. The molecule has 0 aromatic carbocycles. The van der Waals surface area contributed by atoms with E-state index < -0.39 is 0 Å². The molecule has 1 fully saturated rings. The monoisotopic (exact) mass is 273 g/mol. The Hall–Kier alpha value is -2.04. The fraction of sp³-hybridized carbons (Fsp3) is 0.467. The van der Waals surface area contributed by atoms with Gasteiger partial charge in [0.1, 0.15) is 5.78 Å². The van der Waals surface area contributed by atoms with E-state index >= 15 is 0 Å². The molecule has 2 rings (SSSR count). The zero-order valence-corrected chi connectivity index (χ0v) is 11.4. The Morgan fingerprint density at radius 2 is 2.25 bits per heavy atom. The Morgan fingerprint density at radius 1 is 1.45 bits per heavy atom. The Bertz CT molecular complexity index is 485. The van der Waals surface area contributed by atoms with E-state index in [0.29, 0.717) is 31.0 Å². The van der Waals surface area contributed by atoms with Crippen molar-refractivity contribution in [2.45, 2.75) is 38.5 Å². The molecule has 0 radical (unpaired) electrons. The number of hydrazone groups is 1. The molecule has 0 bridgehead atoms. The molecule has 0 saturated heterocycles. The van der Waals surface area contributed by atoms with E-state index in [2.05, 4.69) is 15.5 Å². The molecule has 1 aliphatic carbocycles. The molecule has 5 nitrogen and oxygen atoms in total. The summed E-state index contributed by atoms with van der Waals surface area (Å²) in [6.07, 6.45) is 9.47. The lowest BCUT2D eigenvalue weighted by Crippen LogP contribution is -2.21. The summed E-state index contributed by atoms with van der Waals surface area (Å²) in [6, 6.07) is 3.62. The average molecular weight is 273 g/mol. The van der Waals surface area contributed by atoms with E-state index in [1.807, 2.05) is 12.1 Å². The summed E-state index contributed by atoms with van der Waals surface area (Å²) < 4.78 is 0. The second-order valence-electron chi connectivity index (χ2n) is 5.11. The smallest absolute Gasteiger partial charge is 0.240 e. The van der Waals surface area contributed by atoms with Crippen LogP contribution in [0.3, 0.4) is 0 Å². The van der Waals surface area contributed by atoms with Crippen LogP contribution < -0.4 is 5.43 Å². The van der Waals surface area contributed by atoms with Crippen molar-refractivity contribution in [3.63, 3.8) is 0 Å². The van der Waals surface area contributed by atoms with Crippen LogP contribution in [0.25, 0.3) is 0 Å². The third kappa shape index (κ3) is 4.91. The summed E-state index contributed by atoms with van der Waals surface area (Å²) in [4.78, 5) is 26.9. The van der Waals surface area contributed by atoms with E-state index in [1.54, 1.807) is 18.6 Å². The number of ketones is 1. The molecule has 1 aliphatic rings. The second kappa shape index (κ2) is 7.53. The molecule has 1 aromatic rings. The summed E-state index contributed by atoms with van der Waals surface area (Å²) in [7, 11) is 0. The molecule has 1 heterocycles. The van der Waals surface area contributed by atoms with Crippen LogP contribution >= 0.6 is 0 Å². The summed E-state index contributed by atoms with van der Waals surface area (Å²) >= 11 is 0. The maximum Gasteiger partial charge on any atom is 0.240 e. The van der Waals surface area contributed by atoms with Gasteiger partial charge < -0.3 is 0 Å². The van der Waals surface area contributed by atoms with Crippen LogP contribution in [0.15, 0.2) is 29.6 Å². The first kappa shape index (κ1) is 14.4. The highest BCUT2D eigenvalue weighted by Gasteiger charge is 2.19. The number of hydrogen-bond acceptors (Lipinski definition) is 4. The first-order chi connectivity index (χ1) is 9.74. The van der Waals surface area contributed by atoms with E-state index in [-0.39, 0.29) is 5.91 Å². The van der Waals surface area contributed by atoms with Crippen LogP contribution in [0.1, 0.15) is 44.1 Å². The van der Waals surface area contributed by atoms with Gasteiger partial charge in [0, 0.05) is 31.7 Å².